The lowest BCUT2D eigenvalue weighted by Crippen LogP contribution is -2.48. The van der Waals surface area contributed by atoms with Gasteiger partial charge >= 0.3 is 5.97 Å². The number of amides is 1. The van der Waals surface area contributed by atoms with Gasteiger partial charge in [0.25, 0.3) is 0 Å². The number of carbonyl (C=O) groups is 2. The minimum absolute atomic E-state index is 0.153. The van der Waals surface area contributed by atoms with Gasteiger partial charge in [-0.3, -0.25) is 4.79 Å². The fraction of sp³-hybridized carbons (Fsp3) is 0.857. The van der Waals surface area contributed by atoms with Crippen LogP contribution in [0.5, 0.6) is 0 Å². The number of carbonyl (C=O) groups excluding carboxylic acids is 1. The molecular weight excluding hydrogens is 246 g/mol. The normalized spacial score (nSPS) is 15.6. The standard InChI is InChI=1S/C14H27NO4/c1-4-6-7-9-11(12(16)14(18)19)15-13(17)10(3)8-5-2/h10-12,16H,4-9H2,1-3H3,(H,15,17)(H,18,19)/t10-,11-,12?/m0/s1. The van der Waals surface area contributed by atoms with E-state index in [1.807, 2.05) is 20.8 Å². The summed E-state index contributed by atoms with van der Waals surface area (Å²) in [5, 5.41) is 21.2. The maximum atomic E-state index is 11.9. The second kappa shape index (κ2) is 9.78. The van der Waals surface area contributed by atoms with Crippen molar-refractivity contribution < 1.29 is 19.8 Å². The maximum absolute atomic E-state index is 11.9. The van der Waals surface area contributed by atoms with Crippen molar-refractivity contribution in [2.24, 2.45) is 5.92 Å². The van der Waals surface area contributed by atoms with Crippen LogP contribution in [-0.4, -0.2) is 34.2 Å². The maximum Gasteiger partial charge on any atom is 0.334 e. The van der Waals surface area contributed by atoms with Gasteiger partial charge in [0.2, 0.25) is 5.91 Å². The quantitative estimate of drug-likeness (QED) is 0.531. The molecule has 3 N–H and O–H groups in total. The van der Waals surface area contributed by atoms with E-state index in [-0.39, 0.29) is 11.8 Å². The zero-order valence-corrected chi connectivity index (χ0v) is 12.2. The van der Waals surface area contributed by atoms with Gasteiger partial charge < -0.3 is 15.5 Å². The summed E-state index contributed by atoms with van der Waals surface area (Å²) in [6, 6.07) is -0.698. The van der Waals surface area contributed by atoms with Crippen molar-refractivity contribution in [3.8, 4) is 0 Å². The van der Waals surface area contributed by atoms with E-state index in [0.29, 0.717) is 6.42 Å². The predicted molar refractivity (Wildman–Crippen MR) is 73.8 cm³/mol. The Balaban J connectivity index is 4.47. The molecule has 0 aromatic rings. The molecular formula is C14H27NO4. The van der Waals surface area contributed by atoms with Crippen LogP contribution < -0.4 is 5.32 Å². The summed E-state index contributed by atoms with van der Waals surface area (Å²) < 4.78 is 0. The van der Waals surface area contributed by atoms with Gasteiger partial charge in [-0.1, -0.05) is 46.5 Å². The van der Waals surface area contributed by atoms with Gasteiger partial charge in [0.15, 0.2) is 6.10 Å². The average molecular weight is 273 g/mol. The largest absolute Gasteiger partial charge is 0.479 e. The number of hydrogen-bond acceptors (Lipinski definition) is 3. The Hall–Kier alpha value is -1.10. The third-order valence-electron chi connectivity index (χ3n) is 3.25. The zero-order chi connectivity index (χ0) is 14.8. The molecule has 0 saturated carbocycles. The molecule has 112 valence electrons. The SMILES string of the molecule is CCCCC[C@H](NC(=O)[C@@H](C)CCC)C(O)C(=O)O. The molecule has 0 bridgehead atoms. The van der Waals surface area contributed by atoms with Crippen molar-refractivity contribution in [3.05, 3.63) is 0 Å². The van der Waals surface area contributed by atoms with Crippen LogP contribution in [0.1, 0.15) is 59.3 Å². The lowest BCUT2D eigenvalue weighted by atomic mass is 10.0. The molecule has 5 heteroatoms. The summed E-state index contributed by atoms with van der Waals surface area (Å²) >= 11 is 0. The van der Waals surface area contributed by atoms with E-state index in [0.717, 1.165) is 32.1 Å². The summed E-state index contributed by atoms with van der Waals surface area (Å²) in [4.78, 5) is 22.7. The molecule has 1 amide bonds. The molecule has 0 aliphatic heterocycles. The van der Waals surface area contributed by atoms with Crippen molar-refractivity contribution >= 4 is 11.9 Å². The van der Waals surface area contributed by atoms with Gasteiger partial charge in [0, 0.05) is 5.92 Å². The molecule has 19 heavy (non-hydrogen) atoms. The number of nitrogens with one attached hydrogen (secondary N) is 1. The minimum atomic E-state index is -1.53. The van der Waals surface area contributed by atoms with Crippen LogP contribution in [0.2, 0.25) is 0 Å². The van der Waals surface area contributed by atoms with Crippen LogP contribution in [0.15, 0.2) is 0 Å². The van der Waals surface area contributed by atoms with Crippen LogP contribution in [0.25, 0.3) is 0 Å². The first-order valence-electron chi connectivity index (χ1n) is 7.15. The third-order valence-corrected chi connectivity index (χ3v) is 3.25. The second-order valence-electron chi connectivity index (χ2n) is 5.08. The molecule has 0 saturated heterocycles. The lowest BCUT2D eigenvalue weighted by Gasteiger charge is -2.23. The highest BCUT2D eigenvalue weighted by Gasteiger charge is 2.27. The first-order valence-corrected chi connectivity index (χ1v) is 7.15. The number of aliphatic hydroxyl groups is 1. The van der Waals surface area contributed by atoms with Crippen LogP contribution in [0.3, 0.4) is 0 Å². The molecule has 1 unspecified atom stereocenters. The molecule has 5 nitrogen and oxygen atoms in total. The van der Waals surface area contributed by atoms with E-state index in [4.69, 9.17) is 5.11 Å². The topological polar surface area (TPSA) is 86.6 Å². The Morgan fingerprint density at radius 2 is 1.74 bits per heavy atom. The Morgan fingerprint density at radius 3 is 2.21 bits per heavy atom. The van der Waals surface area contributed by atoms with E-state index in [2.05, 4.69) is 5.32 Å². The van der Waals surface area contributed by atoms with Crippen LogP contribution >= 0.6 is 0 Å². The number of carboxylic acids is 1. The number of aliphatic hydroxyl groups excluding tert-OH is 1. The fourth-order valence-electron chi connectivity index (χ4n) is 1.98. The van der Waals surface area contributed by atoms with Crippen LogP contribution in [0.4, 0.5) is 0 Å². The van der Waals surface area contributed by atoms with Gasteiger partial charge in [-0.2, -0.15) is 0 Å². The van der Waals surface area contributed by atoms with Gasteiger partial charge in [-0.15, -0.1) is 0 Å². The van der Waals surface area contributed by atoms with Crippen molar-refractivity contribution in [1.29, 1.82) is 0 Å². The second-order valence-corrected chi connectivity index (χ2v) is 5.08. The van der Waals surface area contributed by atoms with Gasteiger partial charge in [0.1, 0.15) is 0 Å². The molecule has 0 heterocycles. The third kappa shape index (κ3) is 7.15. The molecule has 0 aromatic heterocycles. The fourth-order valence-corrected chi connectivity index (χ4v) is 1.98. The summed E-state index contributed by atoms with van der Waals surface area (Å²) in [6.45, 7) is 5.86. The van der Waals surface area contributed by atoms with Crippen molar-refractivity contribution in [3.63, 3.8) is 0 Å². The number of unbranched alkanes of at least 4 members (excludes halogenated alkanes) is 2. The first kappa shape index (κ1) is 17.9. The monoisotopic (exact) mass is 273 g/mol. The lowest BCUT2D eigenvalue weighted by molar-refractivity contribution is -0.148. The Bertz CT molecular complexity index is 281. The number of rotatable bonds is 10. The molecule has 0 spiro atoms. The Morgan fingerprint density at radius 1 is 1.11 bits per heavy atom. The van der Waals surface area contributed by atoms with Gasteiger partial charge in [0.05, 0.1) is 6.04 Å². The molecule has 0 fully saturated rings. The molecule has 0 aliphatic carbocycles. The summed E-state index contributed by atoms with van der Waals surface area (Å²) in [5.41, 5.74) is 0. The molecule has 0 aliphatic rings. The van der Waals surface area contributed by atoms with E-state index < -0.39 is 18.1 Å². The van der Waals surface area contributed by atoms with Crippen LogP contribution in [-0.2, 0) is 9.59 Å². The molecule has 0 radical (unpaired) electrons. The summed E-state index contributed by atoms with van der Waals surface area (Å²) in [7, 11) is 0. The Kier molecular flexibility index (Phi) is 9.21. The van der Waals surface area contributed by atoms with E-state index in [1.54, 1.807) is 0 Å². The summed E-state index contributed by atoms with van der Waals surface area (Å²) in [5.74, 6) is -1.62. The van der Waals surface area contributed by atoms with Gasteiger partial charge in [-0.25, -0.2) is 4.79 Å². The minimum Gasteiger partial charge on any atom is -0.479 e. The molecule has 0 aromatic carbocycles. The highest BCUT2D eigenvalue weighted by Crippen LogP contribution is 2.11. The number of hydrogen-bond donors (Lipinski definition) is 3. The zero-order valence-electron chi connectivity index (χ0n) is 12.2. The number of aliphatic carboxylic acids is 1. The smallest absolute Gasteiger partial charge is 0.334 e. The van der Waals surface area contributed by atoms with E-state index in [1.165, 1.54) is 0 Å². The highest BCUT2D eigenvalue weighted by atomic mass is 16.4. The van der Waals surface area contributed by atoms with Crippen LogP contribution in [0, 0.1) is 5.92 Å². The summed E-state index contributed by atoms with van der Waals surface area (Å²) in [6.07, 6.45) is 3.39. The highest BCUT2D eigenvalue weighted by molar-refractivity contribution is 5.80. The van der Waals surface area contributed by atoms with E-state index >= 15 is 0 Å². The van der Waals surface area contributed by atoms with Gasteiger partial charge in [-0.05, 0) is 12.8 Å². The molecule has 3 atom stereocenters. The molecule has 0 rings (SSSR count). The van der Waals surface area contributed by atoms with Crippen molar-refractivity contribution in [2.75, 3.05) is 0 Å². The van der Waals surface area contributed by atoms with E-state index in [9.17, 15) is 14.7 Å². The average Bonchev–Trinajstić information content (AvgIpc) is 2.36. The Labute approximate surface area is 115 Å². The number of carboxylic acid groups (broad SMARTS) is 1. The first-order chi connectivity index (χ1) is 8.93. The van der Waals surface area contributed by atoms with Crippen molar-refractivity contribution in [2.45, 2.75) is 71.4 Å². The predicted octanol–water partition coefficient (Wildman–Crippen LogP) is 1.93. The van der Waals surface area contributed by atoms with Crippen molar-refractivity contribution in [1.82, 2.24) is 5.32 Å².